The van der Waals surface area contributed by atoms with E-state index in [-0.39, 0.29) is 0 Å². The molecular weight excluding hydrogens is 168 g/mol. The summed E-state index contributed by atoms with van der Waals surface area (Å²) < 4.78 is 0. The van der Waals surface area contributed by atoms with Crippen LogP contribution in [0.25, 0.3) is 5.57 Å². The average Bonchev–Trinajstić information content (AvgIpc) is 2.19. The molecule has 0 saturated carbocycles. The Kier molecular flexibility index (Phi) is 3.70. The van der Waals surface area contributed by atoms with Gasteiger partial charge in [-0.3, -0.25) is 0 Å². The first-order valence-corrected chi connectivity index (χ1v) is 5.00. The van der Waals surface area contributed by atoms with Crippen LogP contribution in [0.4, 0.5) is 0 Å². The van der Waals surface area contributed by atoms with Crippen molar-refractivity contribution in [2.24, 2.45) is 5.92 Å². The van der Waals surface area contributed by atoms with Crippen molar-refractivity contribution in [3.05, 3.63) is 54.1 Å². The third-order valence-electron chi connectivity index (χ3n) is 2.51. The summed E-state index contributed by atoms with van der Waals surface area (Å²) in [4.78, 5) is 0. The van der Waals surface area contributed by atoms with Crippen molar-refractivity contribution in [3.8, 4) is 0 Å². The monoisotopic (exact) mass is 186 g/mol. The second-order valence-corrected chi connectivity index (χ2v) is 3.85. The molecule has 1 rings (SSSR count). The molecule has 1 unspecified atom stereocenters. The van der Waals surface area contributed by atoms with Gasteiger partial charge in [0, 0.05) is 0 Å². The molecule has 0 heteroatoms. The third kappa shape index (κ3) is 2.88. The van der Waals surface area contributed by atoms with Gasteiger partial charge in [-0.1, -0.05) is 55.5 Å². The highest BCUT2D eigenvalue weighted by molar-refractivity contribution is 5.63. The van der Waals surface area contributed by atoms with Crippen LogP contribution in [0.2, 0.25) is 0 Å². The van der Waals surface area contributed by atoms with E-state index in [2.05, 4.69) is 57.7 Å². The van der Waals surface area contributed by atoms with E-state index in [1.54, 1.807) is 0 Å². The summed E-state index contributed by atoms with van der Waals surface area (Å²) in [6.07, 6.45) is 2.26. The molecule has 1 aromatic rings. The fourth-order valence-corrected chi connectivity index (χ4v) is 1.31. The molecule has 0 spiro atoms. The minimum Gasteiger partial charge on any atom is -0.0996 e. The largest absolute Gasteiger partial charge is 0.0996 e. The molecule has 0 aliphatic rings. The Balaban J connectivity index is 2.85. The normalized spacial score (nSPS) is 13.8. The van der Waals surface area contributed by atoms with E-state index in [4.69, 9.17) is 0 Å². The molecule has 0 bridgehead atoms. The van der Waals surface area contributed by atoms with Gasteiger partial charge in [-0.15, -0.1) is 0 Å². The lowest BCUT2D eigenvalue weighted by Gasteiger charge is -2.08. The van der Waals surface area contributed by atoms with Gasteiger partial charge >= 0.3 is 0 Å². The Morgan fingerprint density at radius 2 is 1.79 bits per heavy atom. The molecule has 0 heterocycles. The highest BCUT2D eigenvalue weighted by Crippen LogP contribution is 2.18. The molecule has 1 aromatic carbocycles. The van der Waals surface area contributed by atoms with Gasteiger partial charge < -0.3 is 0 Å². The summed E-state index contributed by atoms with van der Waals surface area (Å²) in [5.74, 6) is 0.454. The predicted octanol–water partition coefficient (Wildman–Crippen LogP) is 4.30. The summed E-state index contributed by atoms with van der Waals surface area (Å²) in [7, 11) is 0. The Hall–Kier alpha value is -1.30. The maximum Gasteiger partial charge on any atom is -0.00512 e. The van der Waals surface area contributed by atoms with E-state index in [9.17, 15) is 0 Å². The Bertz CT molecular complexity index is 330. The van der Waals surface area contributed by atoms with Crippen LogP contribution in [-0.2, 0) is 0 Å². The molecule has 0 nitrogen and oxygen atoms in total. The number of hydrogen-bond donors (Lipinski definition) is 0. The molecule has 0 aromatic heterocycles. The van der Waals surface area contributed by atoms with Crippen LogP contribution >= 0.6 is 0 Å². The standard InChI is InChI=1S/C14H18/c1-11(2)12(3)10-13(4)14-8-6-5-7-9-14/h5-10,12H,1H2,2-4H3/b13-10+. The highest BCUT2D eigenvalue weighted by atomic mass is 14.1. The molecule has 0 aliphatic carbocycles. The van der Waals surface area contributed by atoms with Crippen molar-refractivity contribution in [2.45, 2.75) is 20.8 Å². The topological polar surface area (TPSA) is 0 Å². The van der Waals surface area contributed by atoms with Crippen LogP contribution in [0.3, 0.4) is 0 Å². The van der Waals surface area contributed by atoms with Crippen molar-refractivity contribution >= 4 is 5.57 Å². The minimum absolute atomic E-state index is 0.454. The summed E-state index contributed by atoms with van der Waals surface area (Å²) in [5, 5.41) is 0. The maximum atomic E-state index is 3.96. The minimum atomic E-state index is 0.454. The number of benzene rings is 1. The van der Waals surface area contributed by atoms with E-state index >= 15 is 0 Å². The second-order valence-electron chi connectivity index (χ2n) is 3.85. The average molecular weight is 186 g/mol. The molecule has 0 fully saturated rings. The van der Waals surface area contributed by atoms with Crippen molar-refractivity contribution in [2.75, 3.05) is 0 Å². The zero-order valence-corrected chi connectivity index (χ0v) is 9.25. The lowest BCUT2D eigenvalue weighted by Crippen LogP contribution is -1.91. The zero-order chi connectivity index (χ0) is 10.6. The number of rotatable bonds is 3. The number of hydrogen-bond acceptors (Lipinski definition) is 0. The van der Waals surface area contributed by atoms with E-state index in [1.807, 2.05) is 6.07 Å². The summed E-state index contributed by atoms with van der Waals surface area (Å²) >= 11 is 0. The Morgan fingerprint density at radius 1 is 1.21 bits per heavy atom. The smallest absolute Gasteiger partial charge is 0.00512 e. The van der Waals surface area contributed by atoms with Gasteiger partial charge in [-0.25, -0.2) is 0 Å². The van der Waals surface area contributed by atoms with Gasteiger partial charge in [0.05, 0.1) is 0 Å². The first kappa shape index (κ1) is 10.8. The van der Waals surface area contributed by atoms with Gasteiger partial charge in [0.15, 0.2) is 0 Å². The van der Waals surface area contributed by atoms with Gasteiger partial charge in [-0.2, -0.15) is 0 Å². The fraction of sp³-hybridized carbons (Fsp3) is 0.286. The number of allylic oxidation sites excluding steroid dienone is 3. The van der Waals surface area contributed by atoms with E-state index in [0.29, 0.717) is 5.92 Å². The van der Waals surface area contributed by atoms with E-state index in [0.717, 1.165) is 0 Å². The summed E-state index contributed by atoms with van der Waals surface area (Å²) in [5.41, 5.74) is 3.82. The second kappa shape index (κ2) is 4.80. The van der Waals surface area contributed by atoms with Crippen molar-refractivity contribution < 1.29 is 0 Å². The summed E-state index contributed by atoms with van der Waals surface area (Å²) in [6, 6.07) is 10.4. The molecule has 1 atom stereocenters. The van der Waals surface area contributed by atoms with E-state index in [1.165, 1.54) is 16.7 Å². The van der Waals surface area contributed by atoms with Crippen LogP contribution in [0.1, 0.15) is 26.3 Å². The quantitative estimate of drug-likeness (QED) is 0.617. The fourth-order valence-electron chi connectivity index (χ4n) is 1.31. The first-order chi connectivity index (χ1) is 6.61. The van der Waals surface area contributed by atoms with Crippen LogP contribution in [0.5, 0.6) is 0 Å². The highest BCUT2D eigenvalue weighted by Gasteiger charge is 2.00. The molecular formula is C14H18. The third-order valence-corrected chi connectivity index (χ3v) is 2.51. The SMILES string of the molecule is C=C(C)C(C)/C=C(\C)c1ccccc1. The lowest BCUT2D eigenvalue weighted by atomic mass is 9.98. The molecule has 0 saturated heterocycles. The molecule has 0 radical (unpaired) electrons. The molecule has 14 heavy (non-hydrogen) atoms. The molecule has 74 valence electrons. The zero-order valence-electron chi connectivity index (χ0n) is 9.25. The van der Waals surface area contributed by atoms with E-state index < -0.39 is 0 Å². The van der Waals surface area contributed by atoms with Gasteiger partial charge in [0.25, 0.3) is 0 Å². The van der Waals surface area contributed by atoms with Gasteiger partial charge in [-0.05, 0) is 30.9 Å². The maximum absolute atomic E-state index is 3.96. The van der Waals surface area contributed by atoms with Crippen molar-refractivity contribution in [3.63, 3.8) is 0 Å². The van der Waals surface area contributed by atoms with Gasteiger partial charge in [0.2, 0.25) is 0 Å². The molecule has 0 amide bonds. The Morgan fingerprint density at radius 3 is 2.29 bits per heavy atom. The van der Waals surface area contributed by atoms with Crippen LogP contribution in [0, 0.1) is 5.92 Å². The van der Waals surface area contributed by atoms with Crippen LogP contribution in [-0.4, -0.2) is 0 Å². The molecule has 0 N–H and O–H groups in total. The first-order valence-electron chi connectivity index (χ1n) is 5.00. The lowest BCUT2D eigenvalue weighted by molar-refractivity contribution is 0.869. The van der Waals surface area contributed by atoms with Gasteiger partial charge in [0.1, 0.15) is 0 Å². The van der Waals surface area contributed by atoms with Crippen molar-refractivity contribution in [1.82, 2.24) is 0 Å². The Labute approximate surface area is 87.0 Å². The van der Waals surface area contributed by atoms with Crippen LogP contribution in [0.15, 0.2) is 48.6 Å². The predicted molar refractivity (Wildman–Crippen MR) is 64.1 cm³/mol. The summed E-state index contributed by atoms with van der Waals surface area (Å²) in [6.45, 7) is 10.3. The van der Waals surface area contributed by atoms with Crippen molar-refractivity contribution in [1.29, 1.82) is 0 Å². The van der Waals surface area contributed by atoms with Crippen LogP contribution < -0.4 is 0 Å². The molecule has 0 aliphatic heterocycles.